The van der Waals surface area contributed by atoms with Crippen molar-refractivity contribution in [3.8, 4) is 0 Å². The average Bonchev–Trinajstić information content (AvgIpc) is 2.42. The van der Waals surface area contributed by atoms with Gasteiger partial charge in [0.1, 0.15) is 11.4 Å². The van der Waals surface area contributed by atoms with Crippen LogP contribution >= 0.6 is 0 Å². The molecular weight excluding hydrogens is 287 g/mol. The van der Waals surface area contributed by atoms with Crippen molar-refractivity contribution >= 4 is 16.0 Å². The van der Waals surface area contributed by atoms with Crippen molar-refractivity contribution in [3.63, 3.8) is 0 Å². The number of rotatable bonds is 7. The van der Waals surface area contributed by atoms with E-state index in [1.807, 2.05) is 0 Å². The van der Waals surface area contributed by atoms with Crippen LogP contribution in [-0.2, 0) is 14.8 Å². The molecule has 0 amide bonds. The van der Waals surface area contributed by atoms with Gasteiger partial charge in [-0.1, -0.05) is 6.07 Å². The minimum absolute atomic E-state index is 0.181. The highest BCUT2D eigenvalue weighted by molar-refractivity contribution is 7.89. The Bertz CT molecular complexity index is 575. The molecule has 20 heavy (non-hydrogen) atoms. The van der Waals surface area contributed by atoms with Gasteiger partial charge in [-0.2, -0.15) is 0 Å². The minimum atomic E-state index is -3.97. The maximum absolute atomic E-state index is 13.7. The van der Waals surface area contributed by atoms with Gasteiger partial charge in [0, 0.05) is 6.54 Å². The van der Waals surface area contributed by atoms with Crippen LogP contribution in [0.4, 0.5) is 4.39 Å². The van der Waals surface area contributed by atoms with E-state index in [0.29, 0.717) is 13.0 Å². The number of esters is 1. The smallest absolute Gasteiger partial charge is 0.342 e. The van der Waals surface area contributed by atoms with Crippen LogP contribution in [0.2, 0.25) is 0 Å². The SMILES string of the molecule is CNCCCNS(=O)(=O)c1cccc(F)c1C(=O)OC. The molecule has 8 heteroatoms. The van der Waals surface area contributed by atoms with Crippen LogP contribution in [0.15, 0.2) is 23.1 Å². The van der Waals surface area contributed by atoms with Crippen molar-refractivity contribution < 1.29 is 22.3 Å². The molecule has 1 aromatic carbocycles. The van der Waals surface area contributed by atoms with Crippen LogP contribution in [0.5, 0.6) is 0 Å². The van der Waals surface area contributed by atoms with Gasteiger partial charge in [0.05, 0.1) is 12.0 Å². The molecule has 0 unspecified atom stereocenters. The maximum Gasteiger partial charge on any atom is 0.342 e. The lowest BCUT2D eigenvalue weighted by Gasteiger charge is -2.11. The van der Waals surface area contributed by atoms with Crippen LogP contribution in [0.1, 0.15) is 16.8 Å². The molecule has 112 valence electrons. The van der Waals surface area contributed by atoms with Crippen LogP contribution in [0.3, 0.4) is 0 Å². The van der Waals surface area contributed by atoms with E-state index in [9.17, 15) is 17.6 Å². The van der Waals surface area contributed by atoms with Gasteiger partial charge >= 0.3 is 5.97 Å². The summed E-state index contributed by atoms with van der Waals surface area (Å²) in [6.45, 7) is 0.815. The standard InChI is InChI=1S/C12H17FN2O4S/c1-14-7-4-8-15-20(17,18)10-6-3-5-9(13)11(10)12(16)19-2/h3,5-6,14-15H,4,7-8H2,1-2H3. The average molecular weight is 304 g/mol. The van der Waals surface area contributed by atoms with Crippen molar-refractivity contribution in [3.05, 3.63) is 29.6 Å². The minimum Gasteiger partial charge on any atom is -0.465 e. The molecule has 0 spiro atoms. The third kappa shape index (κ3) is 3.99. The number of benzene rings is 1. The number of hydrogen-bond acceptors (Lipinski definition) is 5. The zero-order valence-corrected chi connectivity index (χ0v) is 12.1. The summed E-state index contributed by atoms with van der Waals surface area (Å²) in [6.07, 6.45) is 0.568. The molecule has 0 heterocycles. The Morgan fingerprint density at radius 2 is 2.05 bits per heavy atom. The van der Waals surface area contributed by atoms with Gasteiger partial charge < -0.3 is 10.1 Å². The van der Waals surface area contributed by atoms with Crippen molar-refractivity contribution in [1.82, 2.24) is 10.0 Å². The number of methoxy groups -OCH3 is 1. The molecule has 1 aromatic rings. The Morgan fingerprint density at radius 3 is 2.65 bits per heavy atom. The second kappa shape index (κ2) is 7.32. The summed E-state index contributed by atoms with van der Waals surface area (Å²) in [5, 5.41) is 2.87. The topological polar surface area (TPSA) is 84.5 Å². The number of nitrogens with one attached hydrogen (secondary N) is 2. The first kappa shape index (κ1) is 16.5. The molecular formula is C12H17FN2O4S. The van der Waals surface area contributed by atoms with E-state index in [4.69, 9.17) is 0 Å². The molecule has 0 saturated carbocycles. The molecule has 0 bridgehead atoms. The van der Waals surface area contributed by atoms with Gasteiger partial charge in [0.25, 0.3) is 0 Å². The molecule has 0 fully saturated rings. The predicted octanol–water partition coefficient (Wildman–Crippen LogP) is 0.500. The van der Waals surface area contributed by atoms with E-state index in [1.165, 1.54) is 6.07 Å². The molecule has 2 N–H and O–H groups in total. The lowest BCUT2D eigenvalue weighted by Crippen LogP contribution is -2.28. The summed E-state index contributed by atoms with van der Waals surface area (Å²) in [5.41, 5.74) is -0.587. The second-order valence-electron chi connectivity index (χ2n) is 3.96. The normalized spacial score (nSPS) is 11.3. The van der Waals surface area contributed by atoms with Crippen molar-refractivity contribution in [2.45, 2.75) is 11.3 Å². The molecule has 6 nitrogen and oxygen atoms in total. The Kier molecular flexibility index (Phi) is 6.05. The molecule has 1 rings (SSSR count). The Morgan fingerprint density at radius 1 is 1.35 bits per heavy atom. The lowest BCUT2D eigenvalue weighted by atomic mass is 10.2. The fraction of sp³-hybridized carbons (Fsp3) is 0.417. The molecule has 0 aliphatic carbocycles. The lowest BCUT2D eigenvalue weighted by molar-refractivity contribution is 0.0590. The summed E-state index contributed by atoms with van der Waals surface area (Å²) < 4.78 is 44.6. The molecule has 0 radical (unpaired) electrons. The summed E-state index contributed by atoms with van der Waals surface area (Å²) in [4.78, 5) is 11.1. The fourth-order valence-electron chi connectivity index (χ4n) is 1.58. The van der Waals surface area contributed by atoms with Gasteiger partial charge in [0.2, 0.25) is 10.0 Å². The highest BCUT2D eigenvalue weighted by Crippen LogP contribution is 2.19. The summed E-state index contributed by atoms with van der Waals surface area (Å²) in [7, 11) is -1.16. The van der Waals surface area contributed by atoms with E-state index < -0.39 is 32.3 Å². The highest BCUT2D eigenvalue weighted by Gasteiger charge is 2.25. The molecule has 0 saturated heterocycles. The van der Waals surface area contributed by atoms with E-state index in [1.54, 1.807) is 7.05 Å². The van der Waals surface area contributed by atoms with Gasteiger partial charge in [-0.25, -0.2) is 22.3 Å². The highest BCUT2D eigenvalue weighted by atomic mass is 32.2. The van der Waals surface area contributed by atoms with Crippen LogP contribution in [0, 0.1) is 5.82 Å². The predicted molar refractivity (Wildman–Crippen MR) is 71.5 cm³/mol. The van der Waals surface area contributed by atoms with E-state index in [-0.39, 0.29) is 6.54 Å². The maximum atomic E-state index is 13.7. The van der Waals surface area contributed by atoms with E-state index >= 15 is 0 Å². The van der Waals surface area contributed by atoms with Crippen molar-refractivity contribution in [1.29, 1.82) is 0 Å². The molecule has 0 aliphatic rings. The number of ether oxygens (including phenoxy) is 1. The zero-order chi connectivity index (χ0) is 15.2. The summed E-state index contributed by atoms with van der Waals surface area (Å²) in [6, 6.07) is 3.39. The first-order valence-corrected chi connectivity index (χ1v) is 7.43. The van der Waals surface area contributed by atoms with Crippen LogP contribution in [0.25, 0.3) is 0 Å². The second-order valence-corrected chi connectivity index (χ2v) is 5.69. The third-order valence-corrected chi connectivity index (χ3v) is 4.05. The first-order chi connectivity index (χ1) is 9.44. The molecule has 0 atom stereocenters. The summed E-state index contributed by atoms with van der Waals surface area (Å²) in [5.74, 6) is -1.96. The van der Waals surface area contributed by atoms with Gasteiger partial charge in [-0.05, 0) is 32.1 Å². The number of hydrogen-bond donors (Lipinski definition) is 2. The Balaban J connectivity index is 3.06. The Labute approximate surface area is 117 Å². The zero-order valence-electron chi connectivity index (χ0n) is 11.3. The van der Waals surface area contributed by atoms with Crippen LogP contribution in [-0.4, -0.2) is 41.6 Å². The van der Waals surface area contributed by atoms with Gasteiger partial charge in [-0.15, -0.1) is 0 Å². The number of sulfonamides is 1. The van der Waals surface area contributed by atoms with E-state index in [0.717, 1.165) is 19.2 Å². The third-order valence-electron chi connectivity index (χ3n) is 2.55. The van der Waals surface area contributed by atoms with Gasteiger partial charge in [-0.3, -0.25) is 0 Å². The molecule has 0 aliphatic heterocycles. The molecule has 0 aromatic heterocycles. The number of carbonyl (C=O) groups is 1. The quantitative estimate of drug-likeness (QED) is 0.566. The number of halogens is 1. The van der Waals surface area contributed by atoms with Crippen LogP contribution < -0.4 is 10.0 Å². The largest absolute Gasteiger partial charge is 0.465 e. The monoisotopic (exact) mass is 304 g/mol. The van der Waals surface area contributed by atoms with Crippen molar-refractivity contribution in [2.75, 3.05) is 27.2 Å². The van der Waals surface area contributed by atoms with Crippen molar-refractivity contribution in [2.24, 2.45) is 0 Å². The number of carbonyl (C=O) groups excluding carboxylic acids is 1. The van der Waals surface area contributed by atoms with E-state index in [2.05, 4.69) is 14.8 Å². The Hall–Kier alpha value is -1.51. The summed E-state index contributed by atoms with van der Waals surface area (Å²) >= 11 is 0. The van der Waals surface area contributed by atoms with Gasteiger partial charge in [0.15, 0.2) is 0 Å². The first-order valence-electron chi connectivity index (χ1n) is 5.95. The fourth-order valence-corrected chi connectivity index (χ4v) is 2.85.